The first kappa shape index (κ1) is 17.2. The SMILES string of the molecule is Cl.N[C@H]1CCc2nc(NC(=O)C3CCOc4ccccc43)sc2C1. The van der Waals surface area contributed by atoms with Crippen LogP contribution in [0.2, 0.25) is 0 Å². The van der Waals surface area contributed by atoms with Crippen molar-refractivity contribution in [2.24, 2.45) is 5.73 Å². The van der Waals surface area contributed by atoms with Gasteiger partial charge in [-0.2, -0.15) is 0 Å². The van der Waals surface area contributed by atoms with Gasteiger partial charge in [-0.1, -0.05) is 18.2 Å². The first-order valence-electron chi connectivity index (χ1n) is 7.97. The zero-order valence-corrected chi connectivity index (χ0v) is 14.8. The second kappa shape index (κ2) is 7.09. The minimum Gasteiger partial charge on any atom is -0.493 e. The number of aromatic nitrogens is 1. The van der Waals surface area contributed by atoms with Crippen LogP contribution in [0.15, 0.2) is 24.3 Å². The predicted octanol–water partition coefficient (Wildman–Crippen LogP) is 2.89. The molecule has 0 fully saturated rings. The van der Waals surface area contributed by atoms with E-state index in [-0.39, 0.29) is 30.3 Å². The Morgan fingerprint density at radius 3 is 3.04 bits per heavy atom. The molecule has 1 aliphatic carbocycles. The van der Waals surface area contributed by atoms with Crippen molar-refractivity contribution in [2.45, 2.75) is 37.6 Å². The summed E-state index contributed by atoms with van der Waals surface area (Å²) in [6.07, 6.45) is 3.43. The van der Waals surface area contributed by atoms with Crippen molar-refractivity contribution >= 4 is 34.8 Å². The number of amides is 1. The number of nitrogens with zero attached hydrogens (tertiary/aromatic N) is 1. The predicted molar refractivity (Wildman–Crippen MR) is 97.3 cm³/mol. The minimum atomic E-state index is -0.178. The normalized spacial score (nSPS) is 21.7. The van der Waals surface area contributed by atoms with Crippen LogP contribution in [0.25, 0.3) is 0 Å². The number of carbonyl (C=O) groups excluding carboxylic acids is 1. The van der Waals surface area contributed by atoms with E-state index in [4.69, 9.17) is 10.5 Å². The molecule has 0 bridgehead atoms. The number of aryl methyl sites for hydroxylation is 1. The maximum Gasteiger partial charge on any atom is 0.233 e. The van der Waals surface area contributed by atoms with Gasteiger partial charge in [0.25, 0.3) is 0 Å². The lowest BCUT2D eigenvalue weighted by atomic mass is 9.92. The summed E-state index contributed by atoms with van der Waals surface area (Å²) in [6.45, 7) is 0.568. The van der Waals surface area contributed by atoms with Crippen LogP contribution in [0.1, 0.15) is 34.9 Å². The number of halogens is 1. The number of hydrogen-bond donors (Lipinski definition) is 2. The summed E-state index contributed by atoms with van der Waals surface area (Å²) in [7, 11) is 0. The second-order valence-corrected chi connectivity index (χ2v) is 7.19. The number of nitrogens with two attached hydrogens (primary N) is 1. The molecular formula is C17H20ClN3O2S. The van der Waals surface area contributed by atoms with Gasteiger partial charge in [0, 0.05) is 16.5 Å². The number of nitrogens with one attached hydrogen (secondary N) is 1. The fourth-order valence-corrected chi connectivity index (χ4v) is 4.36. The van der Waals surface area contributed by atoms with Crippen LogP contribution in [0.4, 0.5) is 5.13 Å². The third kappa shape index (κ3) is 3.27. The van der Waals surface area contributed by atoms with Gasteiger partial charge in [0.2, 0.25) is 5.91 Å². The second-order valence-electron chi connectivity index (χ2n) is 6.11. The largest absolute Gasteiger partial charge is 0.493 e. The molecule has 1 aromatic carbocycles. The summed E-state index contributed by atoms with van der Waals surface area (Å²) in [5, 5.41) is 3.69. The minimum absolute atomic E-state index is 0. The molecule has 1 aliphatic heterocycles. The van der Waals surface area contributed by atoms with Gasteiger partial charge in [-0.3, -0.25) is 4.79 Å². The highest BCUT2D eigenvalue weighted by molar-refractivity contribution is 7.15. The molecule has 4 rings (SSSR count). The van der Waals surface area contributed by atoms with E-state index >= 15 is 0 Å². The van der Waals surface area contributed by atoms with Crippen molar-refractivity contribution in [3.63, 3.8) is 0 Å². The smallest absolute Gasteiger partial charge is 0.233 e. The molecule has 0 saturated carbocycles. The van der Waals surface area contributed by atoms with Crippen LogP contribution < -0.4 is 15.8 Å². The number of thiazole rings is 1. The van der Waals surface area contributed by atoms with E-state index in [1.807, 2.05) is 24.3 Å². The topological polar surface area (TPSA) is 77.2 Å². The molecule has 3 N–H and O–H groups in total. The molecule has 2 aromatic rings. The number of rotatable bonds is 2. The molecule has 0 spiro atoms. The van der Waals surface area contributed by atoms with E-state index in [1.165, 1.54) is 4.88 Å². The zero-order valence-electron chi connectivity index (χ0n) is 13.2. The molecule has 1 unspecified atom stereocenters. The quantitative estimate of drug-likeness (QED) is 0.857. The summed E-state index contributed by atoms with van der Waals surface area (Å²) in [5.74, 6) is 0.627. The van der Waals surface area contributed by atoms with Gasteiger partial charge < -0.3 is 15.8 Å². The Kier molecular flexibility index (Phi) is 5.08. The molecular weight excluding hydrogens is 346 g/mol. The first-order valence-corrected chi connectivity index (χ1v) is 8.79. The highest BCUT2D eigenvalue weighted by atomic mass is 35.5. The molecule has 128 valence electrons. The Morgan fingerprint density at radius 2 is 2.17 bits per heavy atom. The molecule has 24 heavy (non-hydrogen) atoms. The van der Waals surface area contributed by atoms with Gasteiger partial charge in [0.1, 0.15) is 5.75 Å². The van der Waals surface area contributed by atoms with Crippen molar-refractivity contribution in [3.05, 3.63) is 40.4 Å². The number of carbonyl (C=O) groups is 1. The molecule has 2 heterocycles. The lowest BCUT2D eigenvalue weighted by Gasteiger charge is -2.24. The lowest BCUT2D eigenvalue weighted by Crippen LogP contribution is -2.27. The van der Waals surface area contributed by atoms with Gasteiger partial charge >= 0.3 is 0 Å². The number of fused-ring (bicyclic) bond motifs is 2. The highest BCUT2D eigenvalue weighted by Crippen LogP contribution is 2.35. The Hall–Kier alpha value is -1.63. The van der Waals surface area contributed by atoms with Gasteiger partial charge in [0.05, 0.1) is 18.2 Å². The van der Waals surface area contributed by atoms with Gasteiger partial charge in [0.15, 0.2) is 5.13 Å². The third-order valence-corrected chi connectivity index (χ3v) is 5.52. The van der Waals surface area contributed by atoms with Gasteiger partial charge in [-0.25, -0.2) is 4.98 Å². The van der Waals surface area contributed by atoms with Crippen LogP contribution >= 0.6 is 23.7 Å². The Labute approximate surface area is 151 Å². The van der Waals surface area contributed by atoms with Crippen LogP contribution in [0, 0.1) is 0 Å². The van der Waals surface area contributed by atoms with E-state index in [0.29, 0.717) is 18.2 Å². The van der Waals surface area contributed by atoms with E-state index in [2.05, 4.69) is 10.3 Å². The first-order chi connectivity index (χ1) is 11.2. The number of hydrogen-bond acceptors (Lipinski definition) is 5. The van der Waals surface area contributed by atoms with Crippen molar-refractivity contribution < 1.29 is 9.53 Å². The monoisotopic (exact) mass is 365 g/mol. The van der Waals surface area contributed by atoms with Gasteiger partial charge in [-0.05, 0) is 31.7 Å². The molecule has 2 atom stereocenters. The number of ether oxygens (including phenoxy) is 1. The number of benzene rings is 1. The van der Waals surface area contributed by atoms with Crippen molar-refractivity contribution in [1.82, 2.24) is 4.98 Å². The average Bonchev–Trinajstić information content (AvgIpc) is 2.95. The summed E-state index contributed by atoms with van der Waals surface area (Å²) < 4.78 is 5.63. The molecule has 0 saturated heterocycles. The molecule has 7 heteroatoms. The van der Waals surface area contributed by atoms with Crippen molar-refractivity contribution in [1.29, 1.82) is 0 Å². The van der Waals surface area contributed by atoms with Crippen LogP contribution in [0.3, 0.4) is 0 Å². The molecule has 0 radical (unpaired) electrons. The highest BCUT2D eigenvalue weighted by Gasteiger charge is 2.28. The summed E-state index contributed by atoms with van der Waals surface area (Å²) in [5.41, 5.74) is 8.06. The van der Waals surface area contributed by atoms with Crippen molar-refractivity contribution in [2.75, 3.05) is 11.9 Å². The average molecular weight is 366 g/mol. The summed E-state index contributed by atoms with van der Waals surface area (Å²) >= 11 is 1.56. The standard InChI is InChI=1S/C17H19N3O2S.ClH/c18-10-5-6-13-15(9-10)23-17(19-13)20-16(21)12-7-8-22-14-4-2-1-3-11(12)14;/h1-4,10,12H,5-9,18H2,(H,19,20,21);1H/t10-,12?;/m0./s1. The van der Waals surface area contributed by atoms with E-state index in [1.54, 1.807) is 11.3 Å². The van der Waals surface area contributed by atoms with Gasteiger partial charge in [-0.15, -0.1) is 23.7 Å². The Morgan fingerprint density at radius 1 is 1.33 bits per heavy atom. The van der Waals surface area contributed by atoms with Crippen LogP contribution in [-0.4, -0.2) is 23.5 Å². The Balaban J connectivity index is 0.00000169. The molecule has 1 amide bonds. The van der Waals surface area contributed by atoms with Crippen LogP contribution in [0.5, 0.6) is 5.75 Å². The summed E-state index contributed by atoms with van der Waals surface area (Å²) in [6, 6.07) is 7.96. The molecule has 5 nitrogen and oxygen atoms in total. The molecule has 2 aliphatic rings. The number of anilines is 1. The van der Waals surface area contributed by atoms with E-state index < -0.39 is 0 Å². The maximum absolute atomic E-state index is 12.7. The Bertz CT molecular complexity index is 749. The maximum atomic E-state index is 12.7. The fourth-order valence-electron chi connectivity index (χ4n) is 3.26. The van der Waals surface area contributed by atoms with Crippen molar-refractivity contribution in [3.8, 4) is 5.75 Å². The lowest BCUT2D eigenvalue weighted by molar-refractivity contribution is -0.118. The summed E-state index contributed by atoms with van der Waals surface area (Å²) in [4.78, 5) is 18.5. The third-order valence-electron chi connectivity index (χ3n) is 4.48. The molecule has 1 aromatic heterocycles. The van der Waals surface area contributed by atoms with E-state index in [9.17, 15) is 4.79 Å². The van der Waals surface area contributed by atoms with Crippen LogP contribution in [-0.2, 0) is 17.6 Å². The zero-order chi connectivity index (χ0) is 15.8. The van der Waals surface area contributed by atoms with E-state index in [0.717, 1.165) is 36.3 Å². The fraction of sp³-hybridized carbons (Fsp3) is 0.412. The number of para-hydroxylation sites is 1.